The molecule has 0 bridgehead atoms. The molecule has 4 nitrogen and oxygen atoms in total. The Balaban J connectivity index is 2.21. The van der Waals surface area contributed by atoms with Gasteiger partial charge in [-0.05, 0) is 26.0 Å². The Morgan fingerprint density at radius 1 is 1.44 bits per heavy atom. The molecule has 1 saturated heterocycles. The maximum Gasteiger partial charge on any atom is 0.122 e. The van der Waals surface area contributed by atoms with Gasteiger partial charge in [-0.1, -0.05) is 6.92 Å². The van der Waals surface area contributed by atoms with E-state index in [2.05, 4.69) is 31.7 Å². The number of nitrogens with two attached hydrogens (primary N) is 1. The third-order valence-electron chi connectivity index (χ3n) is 3.67. The summed E-state index contributed by atoms with van der Waals surface area (Å²) in [5, 5.41) is 0. The number of furan rings is 1. The summed E-state index contributed by atoms with van der Waals surface area (Å²) in [5.74, 6) is 2.00. The number of aryl methyl sites for hydroxylation is 1. The van der Waals surface area contributed by atoms with Gasteiger partial charge in [0.05, 0.1) is 19.3 Å². The summed E-state index contributed by atoms with van der Waals surface area (Å²) in [5.41, 5.74) is 5.97. The van der Waals surface area contributed by atoms with E-state index in [1.54, 1.807) is 0 Å². The van der Waals surface area contributed by atoms with Gasteiger partial charge in [0.1, 0.15) is 11.5 Å². The highest BCUT2D eigenvalue weighted by molar-refractivity contribution is 5.12. The first-order chi connectivity index (χ1) is 8.58. The number of nitrogens with zero attached hydrogens (tertiary/aromatic N) is 1. The molecule has 2 rings (SSSR count). The number of hydrogen-bond donors (Lipinski definition) is 1. The van der Waals surface area contributed by atoms with Crippen LogP contribution < -0.4 is 5.73 Å². The fourth-order valence-electron chi connectivity index (χ4n) is 2.61. The van der Waals surface area contributed by atoms with E-state index in [0.717, 1.165) is 37.7 Å². The average molecular weight is 252 g/mol. The molecule has 1 atom stereocenters. The van der Waals surface area contributed by atoms with Gasteiger partial charge < -0.3 is 14.9 Å². The molecule has 1 aliphatic rings. The zero-order valence-electron chi connectivity index (χ0n) is 11.6. The van der Waals surface area contributed by atoms with Gasteiger partial charge in [0.15, 0.2) is 0 Å². The first-order valence-electron chi connectivity index (χ1n) is 6.71. The van der Waals surface area contributed by atoms with Crippen LogP contribution in [0.4, 0.5) is 0 Å². The second kappa shape index (κ2) is 5.43. The van der Waals surface area contributed by atoms with Crippen molar-refractivity contribution in [3.63, 3.8) is 0 Å². The fraction of sp³-hybridized carbons (Fsp3) is 0.714. The molecule has 1 aliphatic heterocycles. The maximum absolute atomic E-state index is 5.96. The molecule has 0 radical (unpaired) electrons. The van der Waals surface area contributed by atoms with E-state index in [-0.39, 0.29) is 11.6 Å². The summed E-state index contributed by atoms with van der Waals surface area (Å²) in [6.45, 7) is 9.46. The molecule has 0 amide bonds. The van der Waals surface area contributed by atoms with Crippen molar-refractivity contribution >= 4 is 0 Å². The highest BCUT2D eigenvalue weighted by Gasteiger charge is 2.36. The molecule has 18 heavy (non-hydrogen) atoms. The summed E-state index contributed by atoms with van der Waals surface area (Å²) >= 11 is 0. The summed E-state index contributed by atoms with van der Waals surface area (Å²) < 4.78 is 11.4. The molecule has 0 aromatic carbocycles. The minimum Gasteiger partial charge on any atom is -0.464 e. The van der Waals surface area contributed by atoms with Crippen LogP contribution in [0.15, 0.2) is 16.5 Å². The molecule has 2 N–H and O–H groups in total. The van der Waals surface area contributed by atoms with Crippen LogP contribution >= 0.6 is 0 Å². The second-order valence-corrected chi connectivity index (χ2v) is 5.47. The van der Waals surface area contributed by atoms with Crippen LogP contribution in [0.1, 0.15) is 38.3 Å². The normalized spacial score (nSPS) is 22.0. The third kappa shape index (κ3) is 2.60. The van der Waals surface area contributed by atoms with Crippen molar-refractivity contribution < 1.29 is 9.15 Å². The molecule has 102 valence electrons. The van der Waals surface area contributed by atoms with Gasteiger partial charge in [-0.3, -0.25) is 4.90 Å². The monoisotopic (exact) mass is 252 g/mol. The highest BCUT2D eigenvalue weighted by Crippen LogP contribution is 2.31. The minimum atomic E-state index is 0.00144. The maximum atomic E-state index is 5.96. The molecule has 0 aliphatic carbocycles. The number of rotatable bonds is 4. The Bertz CT molecular complexity index is 387. The summed E-state index contributed by atoms with van der Waals surface area (Å²) in [7, 11) is 0. The molecule has 4 heteroatoms. The molecule has 1 aromatic heterocycles. The summed E-state index contributed by atoms with van der Waals surface area (Å²) in [6.07, 6.45) is 0.920. The standard InChI is InChI=1S/C14H24N2O2/c1-4-11-5-6-13(18-11)12(9-15)16-7-8-17-10-14(16,2)3/h5-6,12H,4,7-10,15H2,1-3H3. The van der Waals surface area contributed by atoms with Gasteiger partial charge in [-0.2, -0.15) is 0 Å². The Kier molecular flexibility index (Phi) is 4.10. The predicted molar refractivity (Wildman–Crippen MR) is 71.5 cm³/mol. The molecule has 0 saturated carbocycles. The lowest BCUT2D eigenvalue weighted by atomic mass is 9.98. The fourth-order valence-corrected chi connectivity index (χ4v) is 2.61. The van der Waals surface area contributed by atoms with Crippen LogP contribution in [-0.4, -0.2) is 36.7 Å². The lowest BCUT2D eigenvalue weighted by molar-refractivity contribution is -0.0747. The molecular formula is C14H24N2O2. The van der Waals surface area contributed by atoms with Crippen molar-refractivity contribution in [1.82, 2.24) is 4.90 Å². The van der Waals surface area contributed by atoms with Gasteiger partial charge in [-0.15, -0.1) is 0 Å². The van der Waals surface area contributed by atoms with Gasteiger partial charge in [0.25, 0.3) is 0 Å². The largest absolute Gasteiger partial charge is 0.464 e. The zero-order valence-corrected chi connectivity index (χ0v) is 11.6. The van der Waals surface area contributed by atoms with Crippen LogP contribution in [0.5, 0.6) is 0 Å². The van der Waals surface area contributed by atoms with E-state index in [4.69, 9.17) is 14.9 Å². The first kappa shape index (κ1) is 13.6. The second-order valence-electron chi connectivity index (χ2n) is 5.47. The molecular weight excluding hydrogens is 228 g/mol. The van der Waals surface area contributed by atoms with Crippen molar-refractivity contribution in [2.45, 2.75) is 38.8 Å². The van der Waals surface area contributed by atoms with E-state index in [9.17, 15) is 0 Å². The average Bonchev–Trinajstić information content (AvgIpc) is 2.80. The zero-order chi connectivity index (χ0) is 13.2. The Morgan fingerprint density at radius 3 is 2.78 bits per heavy atom. The van der Waals surface area contributed by atoms with E-state index in [0.29, 0.717) is 6.54 Å². The third-order valence-corrected chi connectivity index (χ3v) is 3.67. The van der Waals surface area contributed by atoms with Crippen molar-refractivity contribution in [1.29, 1.82) is 0 Å². The lowest BCUT2D eigenvalue weighted by Gasteiger charge is -2.45. The Morgan fingerprint density at radius 2 is 2.22 bits per heavy atom. The van der Waals surface area contributed by atoms with E-state index in [1.165, 1.54) is 0 Å². The SMILES string of the molecule is CCc1ccc(C(CN)N2CCOCC2(C)C)o1. The predicted octanol–water partition coefficient (Wildman–Crippen LogP) is 1.95. The van der Waals surface area contributed by atoms with Crippen LogP contribution in [0.2, 0.25) is 0 Å². The smallest absolute Gasteiger partial charge is 0.122 e. The number of hydrogen-bond acceptors (Lipinski definition) is 4. The minimum absolute atomic E-state index is 0.00144. The van der Waals surface area contributed by atoms with Crippen LogP contribution in [0, 0.1) is 0 Å². The van der Waals surface area contributed by atoms with Crippen molar-refractivity contribution in [2.75, 3.05) is 26.3 Å². The van der Waals surface area contributed by atoms with Crippen LogP contribution in [0.3, 0.4) is 0 Å². The van der Waals surface area contributed by atoms with Crippen molar-refractivity contribution in [3.05, 3.63) is 23.7 Å². The van der Waals surface area contributed by atoms with Crippen molar-refractivity contribution in [3.8, 4) is 0 Å². The van der Waals surface area contributed by atoms with Gasteiger partial charge in [0, 0.05) is 25.0 Å². The molecule has 0 spiro atoms. The first-order valence-corrected chi connectivity index (χ1v) is 6.71. The summed E-state index contributed by atoms with van der Waals surface area (Å²) in [4.78, 5) is 2.40. The van der Waals surface area contributed by atoms with Crippen LogP contribution in [0.25, 0.3) is 0 Å². The lowest BCUT2D eigenvalue weighted by Crippen LogP contribution is -2.55. The van der Waals surface area contributed by atoms with Gasteiger partial charge in [-0.25, -0.2) is 0 Å². The van der Waals surface area contributed by atoms with E-state index in [1.807, 2.05) is 6.07 Å². The van der Waals surface area contributed by atoms with E-state index >= 15 is 0 Å². The van der Waals surface area contributed by atoms with Gasteiger partial charge in [0.2, 0.25) is 0 Å². The van der Waals surface area contributed by atoms with E-state index < -0.39 is 0 Å². The summed E-state index contributed by atoms with van der Waals surface area (Å²) in [6, 6.07) is 4.25. The molecule has 1 aromatic rings. The quantitative estimate of drug-likeness (QED) is 0.890. The number of morpholine rings is 1. The highest BCUT2D eigenvalue weighted by atomic mass is 16.5. The van der Waals surface area contributed by atoms with Crippen molar-refractivity contribution in [2.24, 2.45) is 5.73 Å². The Hall–Kier alpha value is -0.840. The number of ether oxygens (including phenoxy) is 1. The Labute approximate surface area is 109 Å². The topological polar surface area (TPSA) is 51.6 Å². The molecule has 1 unspecified atom stereocenters. The van der Waals surface area contributed by atoms with Crippen LogP contribution in [-0.2, 0) is 11.2 Å². The molecule has 1 fully saturated rings. The van der Waals surface area contributed by atoms with Gasteiger partial charge >= 0.3 is 0 Å². The molecule has 2 heterocycles.